The SMILES string of the molecule is O=C(O)C1CCC2(CC1)CC(N1CCC(N3CCC(N4CCN5c6cc(-c7ccccc7O)nnc6NCC5C4)CC3)CC1)C2. The van der Waals surface area contributed by atoms with Gasteiger partial charge >= 0.3 is 5.97 Å². The van der Waals surface area contributed by atoms with Crippen molar-refractivity contribution in [1.29, 1.82) is 0 Å². The molecule has 6 aliphatic rings. The number of hydrogen-bond donors (Lipinski definition) is 3. The van der Waals surface area contributed by atoms with Crippen LogP contribution in [0.5, 0.6) is 5.75 Å². The van der Waals surface area contributed by atoms with Gasteiger partial charge in [-0.15, -0.1) is 10.2 Å². The first-order valence-corrected chi connectivity index (χ1v) is 17.6. The molecule has 0 bridgehead atoms. The number of nitrogens with one attached hydrogen (secondary N) is 1. The topological polar surface area (TPSA) is 108 Å². The Labute approximate surface area is 266 Å². The standard InChI is InChI=1S/C35H49N7O3/c43-32-4-2-1-3-29(32)30-19-31-33(38-37-30)36-22-28-23-41(17-18-42(28)31)26-9-13-39(14-10-26)25-7-15-40(16-8-25)27-20-35(21-27)11-5-24(6-12-35)34(44)45/h1-4,19,24-28,43H,5-18,20-23H2,(H,36,38)(H,44,45). The predicted molar refractivity (Wildman–Crippen MR) is 175 cm³/mol. The number of likely N-dealkylation sites (tertiary alicyclic amines) is 2. The summed E-state index contributed by atoms with van der Waals surface area (Å²) < 4.78 is 0. The Bertz CT molecular complexity index is 1370. The number of fused-ring (bicyclic) bond motifs is 3. The van der Waals surface area contributed by atoms with Gasteiger partial charge in [0.15, 0.2) is 5.82 Å². The molecule has 10 heteroatoms. The van der Waals surface area contributed by atoms with Crippen LogP contribution in [0.15, 0.2) is 30.3 Å². The van der Waals surface area contributed by atoms with Gasteiger partial charge in [-0.05, 0) is 114 Å². The Morgan fingerprint density at radius 2 is 1.47 bits per heavy atom. The summed E-state index contributed by atoms with van der Waals surface area (Å²) in [6.07, 6.45) is 11.8. The highest BCUT2D eigenvalue weighted by molar-refractivity contribution is 5.76. The number of para-hydroxylation sites is 1. The molecule has 10 nitrogen and oxygen atoms in total. The lowest BCUT2D eigenvalue weighted by atomic mass is 9.56. The molecule has 45 heavy (non-hydrogen) atoms. The minimum absolute atomic E-state index is 0.0955. The molecule has 242 valence electrons. The van der Waals surface area contributed by atoms with Crippen molar-refractivity contribution in [3.05, 3.63) is 30.3 Å². The van der Waals surface area contributed by atoms with Crippen LogP contribution in [0.3, 0.4) is 0 Å². The smallest absolute Gasteiger partial charge is 0.306 e. The molecule has 3 saturated heterocycles. The Balaban J connectivity index is 0.799. The summed E-state index contributed by atoms with van der Waals surface area (Å²) in [7, 11) is 0. The van der Waals surface area contributed by atoms with Crippen LogP contribution in [-0.2, 0) is 4.79 Å². The normalized spacial score (nSPS) is 32.0. The van der Waals surface area contributed by atoms with Gasteiger partial charge in [0.2, 0.25) is 0 Å². The number of piperidine rings is 2. The van der Waals surface area contributed by atoms with Crippen molar-refractivity contribution in [3.8, 4) is 17.0 Å². The molecule has 2 aromatic rings. The van der Waals surface area contributed by atoms with E-state index < -0.39 is 5.97 Å². The highest BCUT2D eigenvalue weighted by Gasteiger charge is 2.49. The highest BCUT2D eigenvalue weighted by atomic mass is 16.4. The second-order valence-corrected chi connectivity index (χ2v) is 14.9. The maximum Gasteiger partial charge on any atom is 0.306 e. The van der Waals surface area contributed by atoms with E-state index in [0.717, 1.165) is 81.0 Å². The number of phenolic OH excluding ortho intramolecular Hbond substituents is 1. The third-order valence-corrected chi connectivity index (χ3v) is 12.6. The number of aliphatic carboxylic acids is 1. The highest BCUT2D eigenvalue weighted by Crippen LogP contribution is 2.54. The average molecular weight is 616 g/mol. The molecule has 1 aromatic heterocycles. The number of aromatic hydroxyl groups is 1. The number of nitrogens with zero attached hydrogens (tertiary/aromatic N) is 6. The Morgan fingerprint density at radius 3 is 2.16 bits per heavy atom. The van der Waals surface area contributed by atoms with E-state index in [-0.39, 0.29) is 11.7 Å². The van der Waals surface area contributed by atoms with E-state index in [9.17, 15) is 15.0 Å². The molecular weight excluding hydrogens is 566 g/mol. The predicted octanol–water partition coefficient (Wildman–Crippen LogP) is 4.12. The average Bonchev–Trinajstić information content (AvgIpc) is 3.07. The third-order valence-electron chi connectivity index (χ3n) is 12.6. The van der Waals surface area contributed by atoms with Gasteiger partial charge in [-0.2, -0.15) is 0 Å². The fourth-order valence-electron chi connectivity index (χ4n) is 9.78. The second kappa shape index (κ2) is 12.0. The van der Waals surface area contributed by atoms with Crippen LogP contribution >= 0.6 is 0 Å². The molecule has 1 unspecified atom stereocenters. The quantitative estimate of drug-likeness (QED) is 0.455. The number of benzene rings is 1. The monoisotopic (exact) mass is 615 g/mol. The van der Waals surface area contributed by atoms with E-state index in [0.29, 0.717) is 23.2 Å². The van der Waals surface area contributed by atoms with E-state index in [4.69, 9.17) is 0 Å². The molecule has 2 aliphatic carbocycles. The van der Waals surface area contributed by atoms with E-state index in [2.05, 4.69) is 41.2 Å². The first-order chi connectivity index (χ1) is 21.9. The number of carboxylic acids is 1. The summed E-state index contributed by atoms with van der Waals surface area (Å²) in [5, 5.41) is 32.1. The zero-order valence-electron chi connectivity index (χ0n) is 26.5. The summed E-state index contributed by atoms with van der Waals surface area (Å²) in [6.45, 7) is 8.93. The molecule has 5 fully saturated rings. The van der Waals surface area contributed by atoms with Gasteiger partial charge in [-0.25, -0.2) is 0 Å². The van der Waals surface area contributed by atoms with Crippen molar-refractivity contribution in [2.45, 2.75) is 88.4 Å². The lowest BCUT2D eigenvalue weighted by Gasteiger charge is -2.56. The van der Waals surface area contributed by atoms with E-state index in [1.54, 1.807) is 6.07 Å². The minimum atomic E-state index is -0.584. The van der Waals surface area contributed by atoms with Gasteiger partial charge in [0.25, 0.3) is 0 Å². The maximum atomic E-state index is 11.4. The number of piperazine rings is 1. The largest absolute Gasteiger partial charge is 0.507 e. The van der Waals surface area contributed by atoms with Gasteiger partial charge < -0.3 is 30.2 Å². The number of carbonyl (C=O) groups is 1. The zero-order valence-corrected chi connectivity index (χ0v) is 26.5. The molecule has 1 aromatic carbocycles. The number of rotatable bonds is 5. The molecule has 1 atom stereocenters. The molecule has 0 radical (unpaired) electrons. The Hall–Kier alpha value is -2.95. The van der Waals surface area contributed by atoms with Crippen LogP contribution < -0.4 is 10.2 Å². The molecule has 0 amide bonds. The van der Waals surface area contributed by atoms with E-state index >= 15 is 0 Å². The van der Waals surface area contributed by atoms with Gasteiger partial charge in [-0.1, -0.05) is 12.1 Å². The van der Waals surface area contributed by atoms with Crippen LogP contribution in [0.1, 0.15) is 64.2 Å². The number of anilines is 2. The number of phenols is 1. The van der Waals surface area contributed by atoms with Crippen molar-refractivity contribution >= 4 is 17.5 Å². The minimum Gasteiger partial charge on any atom is -0.507 e. The molecular formula is C35H49N7O3. The first-order valence-electron chi connectivity index (χ1n) is 17.6. The summed E-state index contributed by atoms with van der Waals surface area (Å²) >= 11 is 0. The Kier molecular flexibility index (Phi) is 7.86. The van der Waals surface area contributed by atoms with Crippen LogP contribution in [0, 0.1) is 11.3 Å². The lowest BCUT2D eigenvalue weighted by Crippen LogP contribution is -2.61. The van der Waals surface area contributed by atoms with Crippen LogP contribution in [0.4, 0.5) is 11.5 Å². The van der Waals surface area contributed by atoms with Crippen LogP contribution in [0.2, 0.25) is 0 Å². The fraction of sp³-hybridized carbons (Fsp3) is 0.686. The van der Waals surface area contributed by atoms with Crippen molar-refractivity contribution < 1.29 is 15.0 Å². The fourth-order valence-corrected chi connectivity index (χ4v) is 9.78. The van der Waals surface area contributed by atoms with Crippen molar-refractivity contribution in [2.24, 2.45) is 11.3 Å². The van der Waals surface area contributed by atoms with Crippen molar-refractivity contribution in [2.75, 3.05) is 62.6 Å². The Morgan fingerprint density at radius 1 is 0.800 bits per heavy atom. The summed E-state index contributed by atoms with van der Waals surface area (Å²) in [5.41, 5.74) is 3.00. The van der Waals surface area contributed by atoms with Crippen molar-refractivity contribution in [3.63, 3.8) is 0 Å². The molecule has 4 aliphatic heterocycles. The number of hydrogen-bond acceptors (Lipinski definition) is 9. The number of aromatic nitrogens is 2. The summed E-state index contributed by atoms with van der Waals surface area (Å²) in [4.78, 5) is 22.2. The summed E-state index contributed by atoms with van der Waals surface area (Å²) in [5.74, 6) is 0.400. The first kappa shape index (κ1) is 29.5. The van der Waals surface area contributed by atoms with Gasteiger partial charge in [0, 0.05) is 49.9 Å². The van der Waals surface area contributed by atoms with Gasteiger partial charge in [-0.3, -0.25) is 9.69 Å². The third kappa shape index (κ3) is 5.67. The van der Waals surface area contributed by atoms with Gasteiger partial charge in [0.1, 0.15) is 5.75 Å². The van der Waals surface area contributed by atoms with Crippen molar-refractivity contribution in [1.82, 2.24) is 24.9 Å². The lowest BCUT2D eigenvalue weighted by molar-refractivity contribution is -0.145. The van der Waals surface area contributed by atoms with Crippen LogP contribution in [-0.4, -0.2) is 118 Å². The molecule has 3 N–H and O–H groups in total. The number of carboxylic acid groups (broad SMARTS) is 1. The molecule has 5 heterocycles. The summed E-state index contributed by atoms with van der Waals surface area (Å²) in [6, 6.07) is 12.0. The maximum absolute atomic E-state index is 11.4. The molecule has 1 spiro atoms. The second-order valence-electron chi connectivity index (χ2n) is 14.9. The molecule has 8 rings (SSSR count). The van der Waals surface area contributed by atoms with Crippen LogP contribution in [0.25, 0.3) is 11.3 Å². The molecule has 2 saturated carbocycles. The van der Waals surface area contributed by atoms with Gasteiger partial charge in [0.05, 0.1) is 23.3 Å². The van der Waals surface area contributed by atoms with E-state index in [1.807, 2.05) is 18.2 Å². The van der Waals surface area contributed by atoms with E-state index in [1.165, 1.54) is 64.7 Å². The zero-order chi connectivity index (χ0) is 30.5.